The summed E-state index contributed by atoms with van der Waals surface area (Å²) in [4.78, 5) is 8.11. The Bertz CT molecular complexity index is 1360. The predicted molar refractivity (Wildman–Crippen MR) is 136 cm³/mol. The molecule has 6 heteroatoms. The van der Waals surface area contributed by atoms with Gasteiger partial charge in [-0.3, -0.25) is 4.57 Å². The first-order valence-electron chi connectivity index (χ1n) is 11.1. The van der Waals surface area contributed by atoms with Crippen molar-refractivity contribution in [1.82, 2.24) is 24.7 Å². The minimum Gasteiger partial charge on any atom is -0.341 e. The SMILES string of the molecule is Cc1ccc(-n2c(SCc3nc4ccccc4[nH]3)nnc2-c2ccc(C(C)(C)C)cc2)cc1. The maximum absolute atomic E-state index is 4.71. The van der Waals surface area contributed by atoms with Gasteiger partial charge in [-0.1, -0.05) is 86.6 Å². The highest BCUT2D eigenvalue weighted by Crippen LogP contribution is 2.31. The molecule has 0 aliphatic rings. The Morgan fingerprint density at radius 2 is 1.61 bits per heavy atom. The van der Waals surface area contributed by atoms with Crippen molar-refractivity contribution in [3.8, 4) is 17.1 Å². The van der Waals surface area contributed by atoms with Crippen LogP contribution in [-0.4, -0.2) is 24.7 Å². The molecule has 0 fully saturated rings. The summed E-state index contributed by atoms with van der Waals surface area (Å²) >= 11 is 1.63. The van der Waals surface area contributed by atoms with Crippen molar-refractivity contribution >= 4 is 22.8 Å². The first-order chi connectivity index (χ1) is 15.9. The Morgan fingerprint density at radius 1 is 0.879 bits per heavy atom. The molecule has 2 heterocycles. The van der Waals surface area contributed by atoms with E-state index in [-0.39, 0.29) is 5.41 Å². The van der Waals surface area contributed by atoms with Crippen molar-refractivity contribution < 1.29 is 0 Å². The van der Waals surface area contributed by atoms with Crippen LogP contribution in [0.25, 0.3) is 28.1 Å². The molecule has 0 saturated carbocycles. The van der Waals surface area contributed by atoms with Gasteiger partial charge in [0.05, 0.1) is 16.8 Å². The Balaban J connectivity index is 1.51. The van der Waals surface area contributed by atoms with Crippen LogP contribution in [0.15, 0.2) is 78.0 Å². The average molecular weight is 454 g/mol. The van der Waals surface area contributed by atoms with Crippen molar-refractivity contribution in [3.63, 3.8) is 0 Å². The lowest BCUT2D eigenvalue weighted by Gasteiger charge is -2.19. The summed E-state index contributed by atoms with van der Waals surface area (Å²) < 4.78 is 2.14. The Kier molecular flexibility index (Phi) is 5.54. The van der Waals surface area contributed by atoms with Crippen LogP contribution in [0.4, 0.5) is 0 Å². The maximum atomic E-state index is 4.71. The van der Waals surface area contributed by atoms with E-state index < -0.39 is 0 Å². The highest BCUT2D eigenvalue weighted by atomic mass is 32.2. The van der Waals surface area contributed by atoms with Gasteiger partial charge in [0.15, 0.2) is 11.0 Å². The van der Waals surface area contributed by atoms with Crippen LogP contribution in [0.5, 0.6) is 0 Å². The lowest BCUT2D eigenvalue weighted by molar-refractivity contribution is 0.590. The molecule has 33 heavy (non-hydrogen) atoms. The number of benzene rings is 3. The number of rotatable bonds is 5. The third kappa shape index (κ3) is 4.44. The van der Waals surface area contributed by atoms with E-state index in [4.69, 9.17) is 4.98 Å². The number of hydrogen-bond acceptors (Lipinski definition) is 4. The van der Waals surface area contributed by atoms with E-state index in [9.17, 15) is 0 Å². The van der Waals surface area contributed by atoms with Crippen LogP contribution < -0.4 is 0 Å². The fourth-order valence-electron chi connectivity index (χ4n) is 3.80. The molecule has 0 atom stereocenters. The second kappa shape index (κ2) is 8.52. The summed E-state index contributed by atoms with van der Waals surface area (Å²) in [7, 11) is 0. The molecular formula is C27H27N5S. The fraction of sp³-hybridized carbons (Fsp3) is 0.222. The number of thioether (sulfide) groups is 1. The van der Waals surface area contributed by atoms with Crippen molar-refractivity contribution in [2.45, 2.75) is 44.0 Å². The summed E-state index contributed by atoms with van der Waals surface area (Å²) in [6.45, 7) is 8.77. The lowest BCUT2D eigenvalue weighted by atomic mass is 9.87. The Hall–Kier alpha value is -3.38. The normalized spacial score (nSPS) is 11.9. The Morgan fingerprint density at radius 3 is 2.30 bits per heavy atom. The number of imidazole rings is 1. The van der Waals surface area contributed by atoms with Crippen molar-refractivity contribution in [2.24, 2.45) is 0 Å². The third-order valence-electron chi connectivity index (χ3n) is 5.71. The lowest BCUT2D eigenvalue weighted by Crippen LogP contribution is -2.10. The number of nitrogens with one attached hydrogen (secondary N) is 1. The molecule has 0 unspecified atom stereocenters. The molecule has 166 valence electrons. The summed E-state index contributed by atoms with van der Waals surface area (Å²) in [5.74, 6) is 2.45. The first kappa shape index (κ1) is 21.5. The number of hydrogen-bond donors (Lipinski definition) is 1. The molecule has 0 bridgehead atoms. The van der Waals surface area contributed by atoms with Gasteiger partial charge in [-0.25, -0.2) is 4.98 Å². The molecule has 5 nitrogen and oxygen atoms in total. The van der Waals surface area contributed by atoms with Crippen molar-refractivity contribution in [2.75, 3.05) is 0 Å². The minimum absolute atomic E-state index is 0.108. The van der Waals surface area contributed by atoms with E-state index in [0.717, 1.165) is 39.1 Å². The number of para-hydroxylation sites is 2. The van der Waals surface area contributed by atoms with Gasteiger partial charge in [0.1, 0.15) is 5.82 Å². The largest absolute Gasteiger partial charge is 0.341 e. The van der Waals surface area contributed by atoms with Crippen molar-refractivity contribution in [3.05, 3.63) is 89.7 Å². The van der Waals surface area contributed by atoms with Crippen LogP contribution in [0.1, 0.15) is 37.7 Å². The molecule has 5 aromatic rings. The monoisotopic (exact) mass is 453 g/mol. The molecule has 5 rings (SSSR count). The van der Waals surface area contributed by atoms with Crippen molar-refractivity contribution in [1.29, 1.82) is 0 Å². The number of aromatic amines is 1. The highest BCUT2D eigenvalue weighted by Gasteiger charge is 2.19. The molecule has 0 aliphatic heterocycles. The smallest absolute Gasteiger partial charge is 0.196 e. The molecule has 2 aromatic heterocycles. The standard InChI is InChI=1S/C27H27N5S/c1-18-9-15-21(16-10-18)32-25(19-11-13-20(14-12-19)27(2,3)4)30-31-26(32)33-17-24-28-22-7-5-6-8-23(22)29-24/h5-16H,17H2,1-4H3,(H,28,29). The second-order valence-corrected chi connectivity index (χ2v) is 10.2. The van der Waals surface area contributed by atoms with E-state index in [1.165, 1.54) is 11.1 Å². The second-order valence-electron chi connectivity index (χ2n) is 9.29. The Labute approximate surface area is 198 Å². The minimum atomic E-state index is 0.108. The van der Waals surface area contributed by atoms with E-state index in [0.29, 0.717) is 5.75 Å². The summed E-state index contributed by atoms with van der Waals surface area (Å²) in [6, 6.07) is 25.2. The third-order valence-corrected chi connectivity index (χ3v) is 6.65. The van der Waals surface area contributed by atoms with Crippen LogP contribution >= 0.6 is 11.8 Å². The molecule has 1 N–H and O–H groups in total. The fourth-order valence-corrected chi connectivity index (χ4v) is 4.63. The first-order valence-corrected chi connectivity index (χ1v) is 12.1. The van der Waals surface area contributed by atoms with Gasteiger partial charge in [-0.05, 0) is 42.2 Å². The van der Waals surface area contributed by atoms with E-state index in [2.05, 4.69) is 96.0 Å². The van der Waals surface area contributed by atoms with E-state index in [1.54, 1.807) is 11.8 Å². The van der Waals surface area contributed by atoms with Gasteiger partial charge < -0.3 is 4.98 Å². The molecule has 0 amide bonds. The quantitative estimate of drug-likeness (QED) is 0.301. The maximum Gasteiger partial charge on any atom is 0.196 e. The number of aryl methyl sites for hydroxylation is 1. The van der Waals surface area contributed by atoms with Gasteiger partial charge >= 0.3 is 0 Å². The summed E-state index contributed by atoms with van der Waals surface area (Å²) in [6.07, 6.45) is 0. The van der Waals surface area contributed by atoms with Crippen LogP contribution in [0, 0.1) is 6.92 Å². The van der Waals surface area contributed by atoms with Gasteiger partial charge in [-0.2, -0.15) is 0 Å². The predicted octanol–water partition coefficient (Wildman–Crippen LogP) is 6.71. The zero-order valence-electron chi connectivity index (χ0n) is 19.3. The topological polar surface area (TPSA) is 59.4 Å². The summed E-state index contributed by atoms with van der Waals surface area (Å²) in [5, 5.41) is 10.0. The zero-order chi connectivity index (χ0) is 23.0. The number of aromatic nitrogens is 5. The molecule has 0 radical (unpaired) electrons. The molecule has 0 aliphatic carbocycles. The number of nitrogens with zero attached hydrogens (tertiary/aromatic N) is 4. The van der Waals surface area contributed by atoms with Gasteiger partial charge in [-0.15, -0.1) is 10.2 Å². The van der Waals surface area contributed by atoms with E-state index >= 15 is 0 Å². The molecular weight excluding hydrogens is 426 g/mol. The van der Waals surface area contributed by atoms with Crippen LogP contribution in [0.2, 0.25) is 0 Å². The molecule has 3 aromatic carbocycles. The van der Waals surface area contributed by atoms with Crippen LogP contribution in [0.3, 0.4) is 0 Å². The molecule has 0 saturated heterocycles. The zero-order valence-corrected chi connectivity index (χ0v) is 20.1. The molecule has 0 spiro atoms. The van der Waals surface area contributed by atoms with Gasteiger partial charge in [0, 0.05) is 11.3 Å². The van der Waals surface area contributed by atoms with Gasteiger partial charge in [0.25, 0.3) is 0 Å². The van der Waals surface area contributed by atoms with Crippen LogP contribution in [-0.2, 0) is 11.2 Å². The highest BCUT2D eigenvalue weighted by molar-refractivity contribution is 7.98. The number of fused-ring (bicyclic) bond motifs is 1. The van der Waals surface area contributed by atoms with E-state index in [1.807, 2.05) is 24.3 Å². The summed E-state index contributed by atoms with van der Waals surface area (Å²) in [5.41, 5.74) is 6.75. The van der Waals surface area contributed by atoms with Gasteiger partial charge in [0.2, 0.25) is 0 Å². The average Bonchev–Trinajstić information content (AvgIpc) is 3.41. The number of H-pyrrole nitrogens is 1.